The van der Waals surface area contributed by atoms with Crippen molar-refractivity contribution < 1.29 is 18.7 Å². The van der Waals surface area contributed by atoms with Gasteiger partial charge in [0.05, 0.1) is 17.7 Å². The predicted octanol–water partition coefficient (Wildman–Crippen LogP) is 3.87. The molecule has 0 saturated carbocycles. The van der Waals surface area contributed by atoms with Crippen molar-refractivity contribution in [2.45, 2.75) is 44.9 Å². The quantitative estimate of drug-likeness (QED) is 0.714. The van der Waals surface area contributed by atoms with E-state index >= 15 is 0 Å². The summed E-state index contributed by atoms with van der Waals surface area (Å²) < 4.78 is 25.0. The zero-order valence-corrected chi connectivity index (χ0v) is 17.6. The normalized spacial score (nSPS) is 18.2. The van der Waals surface area contributed by atoms with Gasteiger partial charge in [-0.1, -0.05) is 11.6 Å². The second kappa shape index (κ2) is 9.01. The summed E-state index contributed by atoms with van der Waals surface area (Å²) in [6.45, 7) is 4.48. The number of amides is 1. The summed E-state index contributed by atoms with van der Waals surface area (Å²) in [5.41, 5.74) is 0.950. The van der Waals surface area contributed by atoms with Gasteiger partial charge in [-0.05, 0) is 68.7 Å². The molecule has 2 aromatic carbocycles. The van der Waals surface area contributed by atoms with Crippen LogP contribution in [0.3, 0.4) is 0 Å². The van der Waals surface area contributed by atoms with Crippen LogP contribution in [0.2, 0.25) is 5.02 Å². The molecule has 1 fully saturated rings. The molecule has 0 spiro atoms. The van der Waals surface area contributed by atoms with Gasteiger partial charge in [0.1, 0.15) is 23.9 Å². The Morgan fingerprint density at radius 3 is 2.55 bits per heavy atom. The molecule has 2 N–H and O–H groups in total. The Balaban J connectivity index is 1.69. The van der Waals surface area contributed by atoms with Gasteiger partial charge in [0, 0.05) is 18.2 Å². The van der Waals surface area contributed by atoms with E-state index in [2.05, 4.69) is 10.6 Å². The van der Waals surface area contributed by atoms with Gasteiger partial charge in [0.2, 0.25) is 5.91 Å². The van der Waals surface area contributed by atoms with Gasteiger partial charge < -0.3 is 14.8 Å². The molecule has 0 bridgehead atoms. The number of benzene rings is 2. The van der Waals surface area contributed by atoms with E-state index in [9.17, 15) is 9.18 Å². The first-order valence-electron chi connectivity index (χ1n) is 9.58. The zero-order valence-electron chi connectivity index (χ0n) is 16.9. The summed E-state index contributed by atoms with van der Waals surface area (Å²) in [7, 11) is 1.61. The fourth-order valence-corrected chi connectivity index (χ4v) is 3.72. The van der Waals surface area contributed by atoms with Crippen molar-refractivity contribution >= 4 is 17.5 Å². The van der Waals surface area contributed by atoms with Gasteiger partial charge in [-0.3, -0.25) is 10.1 Å². The van der Waals surface area contributed by atoms with Crippen molar-refractivity contribution in [3.8, 4) is 11.5 Å². The Hall–Kier alpha value is -2.31. The van der Waals surface area contributed by atoms with Crippen LogP contribution < -0.4 is 20.1 Å². The van der Waals surface area contributed by atoms with Crippen LogP contribution in [0.15, 0.2) is 36.4 Å². The first-order valence-corrected chi connectivity index (χ1v) is 9.96. The summed E-state index contributed by atoms with van der Waals surface area (Å²) in [6.07, 6.45) is 1.35. The average Bonchev–Trinajstić information content (AvgIpc) is 2.68. The summed E-state index contributed by atoms with van der Waals surface area (Å²) >= 11 is 6.32. The first kappa shape index (κ1) is 21.4. The lowest BCUT2D eigenvalue weighted by Gasteiger charge is -2.36. The van der Waals surface area contributed by atoms with E-state index in [1.807, 2.05) is 38.1 Å². The molecule has 2 aromatic rings. The molecule has 156 valence electrons. The minimum atomic E-state index is -0.622. The van der Waals surface area contributed by atoms with Crippen molar-refractivity contribution in [1.29, 1.82) is 0 Å². The number of aryl methyl sites for hydroxylation is 1. The van der Waals surface area contributed by atoms with Crippen molar-refractivity contribution in [2.75, 3.05) is 13.7 Å². The number of hydrogen-bond acceptors (Lipinski definition) is 4. The molecule has 29 heavy (non-hydrogen) atoms. The van der Waals surface area contributed by atoms with Crippen molar-refractivity contribution in [1.82, 2.24) is 10.6 Å². The predicted molar refractivity (Wildman–Crippen MR) is 111 cm³/mol. The zero-order chi connectivity index (χ0) is 21.0. The molecular formula is C22H26ClFN2O3. The molecule has 1 amide bonds. The van der Waals surface area contributed by atoms with Crippen LogP contribution in [0, 0.1) is 5.82 Å². The van der Waals surface area contributed by atoms with E-state index in [0.717, 1.165) is 23.3 Å². The second-order valence-electron chi connectivity index (χ2n) is 7.70. The van der Waals surface area contributed by atoms with Crippen LogP contribution in [0.5, 0.6) is 11.5 Å². The lowest BCUT2D eigenvalue weighted by atomic mass is 9.94. The number of ether oxygens (including phenoxy) is 2. The lowest BCUT2D eigenvalue weighted by Crippen LogP contribution is -2.64. The molecule has 1 aliphatic rings. The maximum absolute atomic E-state index is 14.0. The highest BCUT2D eigenvalue weighted by atomic mass is 35.5. The highest BCUT2D eigenvalue weighted by molar-refractivity contribution is 6.31. The molecule has 1 heterocycles. The average molecular weight is 421 g/mol. The Morgan fingerprint density at radius 1 is 1.21 bits per heavy atom. The van der Waals surface area contributed by atoms with Gasteiger partial charge in [-0.15, -0.1) is 0 Å². The van der Waals surface area contributed by atoms with E-state index in [1.165, 1.54) is 12.1 Å². The number of piperazine rings is 1. The maximum Gasteiger partial charge on any atom is 0.239 e. The largest absolute Gasteiger partial charge is 0.497 e. The molecule has 1 aliphatic heterocycles. The Bertz CT molecular complexity index is 871. The third-order valence-electron chi connectivity index (χ3n) is 5.10. The van der Waals surface area contributed by atoms with Crippen LogP contribution in [0.4, 0.5) is 4.39 Å². The molecule has 5 nitrogen and oxygen atoms in total. The molecule has 1 atom stereocenters. The number of carbonyl (C=O) groups excluding carboxylic acids is 1. The van der Waals surface area contributed by atoms with Gasteiger partial charge in [0.15, 0.2) is 0 Å². The number of halogens is 2. The van der Waals surface area contributed by atoms with Crippen molar-refractivity contribution in [3.05, 3.63) is 58.4 Å². The van der Waals surface area contributed by atoms with E-state index in [-0.39, 0.29) is 24.4 Å². The van der Waals surface area contributed by atoms with Gasteiger partial charge in [0.25, 0.3) is 0 Å². The minimum absolute atomic E-state index is 0.0175. The van der Waals surface area contributed by atoms with Gasteiger partial charge >= 0.3 is 0 Å². The SMILES string of the molecule is COc1ccc(OCc2c(Cl)cc(F)cc2CC[C@H]2CNC(=O)C(C)(C)N2)cc1. The van der Waals surface area contributed by atoms with E-state index in [1.54, 1.807) is 7.11 Å². The molecular weight excluding hydrogens is 395 g/mol. The van der Waals surface area contributed by atoms with E-state index in [4.69, 9.17) is 21.1 Å². The number of rotatable bonds is 7. The molecule has 3 rings (SSSR count). The number of carbonyl (C=O) groups is 1. The first-order chi connectivity index (χ1) is 13.8. The van der Waals surface area contributed by atoms with Crippen LogP contribution in [0.1, 0.15) is 31.4 Å². The highest BCUT2D eigenvalue weighted by Crippen LogP contribution is 2.26. The summed E-state index contributed by atoms with van der Waals surface area (Å²) in [5, 5.41) is 6.61. The maximum atomic E-state index is 14.0. The standard InChI is InChI=1S/C22H26ClFN2O3/c1-22(2)21(27)25-12-16(26-22)5-4-14-10-15(24)11-20(23)19(14)13-29-18-8-6-17(28-3)7-9-18/h6-11,16,26H,4-5,12-13H2,1-3H3,(H,25,27)/t16-/m0/s1. The third-order valence-corrected chi connectivity index (χ3v) is 5.44. The molecule has 7 heteroatoms. The topological polar surface area (TPSA) is 59.6 Å². The fourth-order valence-electron chi connectivity index (χ4n) is 3.44. The number of hydrogen-bond donors (Lipinski definition) is 2. The molecule has 0 aliphatic carbocycles. The number of nitrogens with one attached hydrogen (secondary N) is 2. The Kier molecular flexibility index (Phi) is 6.65. The lowest BCUT2D eigenvalue weighted by molar-refractivity contribution is -0.128. The van der Waals surface area contributed by atoms with E-state index < -0.39 is 5.54 Å². The van der Waals surface area contributed by atoms with Crippen molar-refractivity contribution in [2.24, 2.45) is 0 Å². The summed E-state index contributed by atoms with van der Waals surface area (Å²) in [5.74, 6) is 1.03. The summed E-state index contributed by atoms with van der Waals surface area (Å²) in [6, 6.07) is 10.2. The summed E-state index contributed by atoms with van der Waals surface area (Å²) in [4.78, 5) is 11.9. The van der Waals surface area contributed by atoms with Crippen LogP contribution in [-0.2, 0) is 17.8 Å². The monoisotopic (exact) mass is 420 g/mol. The van der Waals surface area contributed by atoms with Gasteiger partial charge in [-0.2, -0.15) is 0 Å². The van der Waals surface area contributed by atoms with Crippen LogP contribution in [0.25, 0.3) is 0 Å². The van der Waals surface area contributed by atoms with E-state index in [0.29, 0.717) is 23.7 Å². The second-order valence-corrected chi connectivity index (χ2v) is 8.11. The molecule has 1 saturated heterocycles. The Labute approximate surface area is 175 Å². The van der Waals surface area contributed by atoms with Crippen LogP contribution in [-0.4, -0.2) is 31.1 Å². The van der Waals surface area contributed by atoms with Crippen molar-refractivity contribution in [3.63, 3.8) is 0 Å². The third kappa shape index (κ3) is 5.40. The van der Waals surface area contributed by atoms with Crippen LogP contribution >= 0.6 is 11.6 Å². The number of methoxy groups -OCH3 is 1. The highest BCUT2D eigenvalue weighted by Gasteiger charge is 2.34. The fraction of sp³-hybridized carbons (Fsp3) is 0.409. The molecule has 0 unspecified atom stereocenters. The molecule has 0 aromatic heterocycles. The Morgan fingerprint density at radius 2 is 1.90 bits per heavy atom. The molecule has 0 radical (unpaired) electrons. The smallest absolute Gasteiger partial charge is 0.239 e. The minimum Gasteiger partial charge on any atom is -0.497 e. The van der Waals surface area contributed by atoms with Gasteiger partial charge in [-0.25, -0.2) is 4.39 Å².